The minimum absolute atomic E-state index is 0.155. The van der Waals surface area contributed by atoms with Crippen molar-refractivity contribution in [2.45, 2.75) is 33.1 Å². The van der Waals surface area contributed by atoms with E-state index in [4.69, 9.17) is 0 Å². The van der Waals surface area contributed by atoms with Crippen LogP contribution in [0.1, 0.15) is 29.5 Å². The van der Waals surface area contributed by atoms with Crippen LogP contribution >= 0.6 is 0 Å². The van der Waals surface area contributed by atoms with Gasteiger partial charge < -0.3 is 10.6 Å². The number of hydrogen-bond acceptors (Lipinski definition) is 2. The van der Waals surface area contributed by atoms with E-state index in [-0.39, 0.29) is 18.2 Å². The summed E-state index contributed by atoms with van der Waals surface area (Å²) < 4.78 is 0. The summed E-state index contributed by atoms with van der Waals surface area (Å²) in [6, 6.07) is 15.8. The highest BCUT2D eigenvalue weighted by Gasteiger charge is 2.09. The number of nitrogens with one attached hydrogen (secondary N) is 2. The Morgan fingerprint density at radius 2 is 1.67 bits per heavy atom. The van der Waals surface area contributed by atoms with Crippen molar-refractivity contribution in [3.63, 3.8) is 0 Å². The molecule has 24 heavy (non-hydrogen) atoms. The van der Waals surface area contributed by atoms with Crippen LogP contribution in [0.25, 0.3) is 0 Å². The summed E-state index contributed by atoms with van der Waals surface area (Å²) in [4.78, 5) is 23.7. The molecule has 0 radical (unpaired) electrons. The Morgan fingerprint density at radius 1 is 0.917 bits per heavy atom. The fourth-order valence-electron chi connectivity index (χ4n) is 2.40. The van der Waals surface area contributed by atoms with Gasteiger partial charge in [-0.15, -0.1) is 0 Å². The molecular formula is C20H24N2O2. The number of amides is 2. The molecule has 0 saturated carbocycles. The topological polar surface area (TPSA) is 58.2 Å². The SMILES string of the molecule is Cc1ccc(NC(=O)CC(=O)NCCCc2ccccc2)cc1C. The summed E-state index contributed by atoms with van der Waals surface area (Å²) in [5, 5.41) is 5.55. The Bertz CT molecular complexity index is 696. The molecule has 0 aliphatic heterocycles. The molecule has 0 atom stereocenters. The van der Waals surface area contributed by atoms with E-state index < -0.39 is 0 Å². The van der Waals surface area contributed by atoms with Gasteiger partial charge in [0.05, 0.1) is 0 Å². The van der Waals surface area contributed by atoms with Crippen molar-refractivity contribution in [1.82, 2.24) is 5.32 Å². The number of aryl methyl sites for hydroxylation is 3. The zero-order valence-electron chi connectivity index (χ0n) is 14.3. The van der Waals surface area contributed by atoms with E-state index in [2.05, 4.69) is 22.8 Å². The number of carbonyl (C=O) groups excluding carboxylic acids is 2. The highest BCUT2D eigenvalue weighted by atomic mass is 16.2. The fraction of sp³-hybridized carbons (Fsp3) is 0.300. The summed E-state index contributed by atoms with van der Waals surface area (Å²) in [6.07, 6.45) is 1.61. The molecule has 0 fully saturated rings. The molecule has 0 aliphatic rings. The first-order chi connectivity index (χ1) is 11.5. The summed E-state index contributed by atoms with van der Waals surface area (Å²) in [5.41, 5.74) is 4.25. The van der Waals surface area contributed by atoms with Crippen LogP contribution in [0.2, 0.25) is 0 Å². The Morgan fingerprint density at radius 3 is 2.38 bits per heavy atom. The normalized spacial score (nSPS) is 10.2. The van der Waals surface area contributed by atoms with Gasteiger partial charge in [-0.25, -0.2) is 0 Å². The minimum Gasteiger partial charge on any atom is -0.356 e. The number of hydrogen-bond donors (Lipinski definition) is 2. The third-order valence-corrected chi connectivity index (χ3v) is 3.92. The first kappa shape index (κ1) is 17.7. The van der Waals surface area contributed by atoms with Gasteiger partial charge in [0.15, 0.2) is 0 Å². The van der Waals surface area contributed by atoms with Gasteiger partial charge in [0.1, 0.15) is 6.42 Å². The molecule has 0 bridgehead atoms. The molecule has 126 valence electrons. The first-order valence-corrected chi connectivity index (χ1v) is 8.22. The van der Waals surface area contributed by atoms with Gasteiger partial charge in [-0.05, 0) is 55.5 Å². The summed E-state index contributed by atoms with van der Waals surface area (Å²) in [6.45, 7) is 4.58. The van der Waals surface area contributed by atoms with Crippen LogP contribution in [-0.2, 0) is 16.0 Å². The fourth-order valence-corrected chi connectivity index (χ4v) is 2.40. The van der Waals surface area contributed by atoms with Crippen molar-refractivity contribution in [3.8, 4) is 0 Å². The highest BCUT2D eigenvalue weighted by molar-refractivity contribution is 6.03. The predicted octanol–water partition coefficient (Wildman–Crippen LogP) is 3.38. The number of carbonyl (C=O) groups is 2. The second-order valence-electron chi connectivity index (χ2n) is 5.96. The van der Waals surface area contributed by atoms with Crippen molar-refractivity contribution in [1.29, 1.82) is 0 Å². The lowest BCUT2D eigenvalue weighted by Gasteiger charge is -2.08. The van der Waals surface area contributed by atoms with E-state index in [1.807, 2.05) is 50.2 Å². The van der Waals surface area contributed by atoms with Crippen LogP contribution in [0.4, 0.5) is 5.69 Å². The van der Waals surface area contributed by atoms with Crippen molar-refractivity contribution < 1.29 is 9.59 Å². The largest absolute Gasteiger partial charge is 0.356 e. The lowest BCUT2D eigenvalue weighted by molar-refractivity contribution is -0.126. The maximum absolute atomic E-state index is 11.9. The third kappa shape index (κ3) is 5.88. The molecule has 0 unspecified atom stereocenters. The molecule has 0 aromatic heterocycles. The van der Waals surface area contributed by atoms with Gasteiger partial charge in [0.2, 0.25) is 11.8 Å². The minimum atomic E-state index is -0.293. The standard InChI is InChI=1S/C20H24N2O2/c1-15-10-11-18(13-16(15)2)22-20(24)14-19(23)21-12-6-9-17-7-4-3-5-8-17/h3-5,7-8,10-11,13H,6,9,12,14H2,1-2H3,(H,21,23)(H,22,24). The van der Waals surface area contributed by atoms with E-state index in [0.29, 0.717) is 6.54 Å². The molecule has 4 heteroatoms. The highest BCUT2D eigenvalue weighted by Crippen LogP contribution is 2.14. The Hall–Kier alpha value is -2.62. The monoisotopic (exact) mass is 324 g/mol. The smallest absolute Gasteiger partial charge is 0.233 e. The van der Waals surface area contributed by atoms with E-state index >= 15 is 0 Å². The third-order valence-electron chi connectivity index (χ3n) is 3.92. The summed E-state index contributed by atoms with van der Waals surface area (Å²) in [7, 11) is 0. The molecule has 0 aliphatic carbocycles. The number of benzene rings is 2. The molecule has 4 nitrogen and oxygen atoms in total. The lowest BCUT2D eigenvalue weighted by Crippen LogP contribution is -2.29. The van der Waals surface area contributed by atoms with Crippen LogP contribution in [0, 0.1) is 13.8 Å². The van der Waals surface area contributed by atoms with Gasteiger partial charge in [-0.2, -0.15) is 0 Å². The average molecular weight is 324 g/mol. The molecule has 0 spiro atoms. The second kappa shape index (κ2) is 8.87. The molecule has 2 aromatic carbocycles. The van der Waals surface area contributed by atoms with Crippen LogP contribution in [-0.4, -0.2) is 18.4 Å². The van der Waals surface area contributed by atoms with Crippen LogP contribution in [0.5, 0.6) is 0 Å². The van der Waals surface area contributed by atoms with E-state index in [1.54, 1.807) is 0 Å². The summed E-state index contributed by atoms with van der Waals surface area (Å²) >= 11 is 0. The first-order valence-electron chi connectivity index (χ1n) is 8.22. The molecule has 2 N–H and O–H groups in total. The van der Waals surface area contributed by atoms with Crippen molar-refractivity contribution in [3.05, 3.63) is 65.2 Å². The van der Waals surface area contributed by atoms with Crippen LogP contribution in [0.3, 0.4) is 0 Å². The number of rotatable bonds is 7. The van der Waals surface area contributed by atoms with E-state index in [9.17, 15) is 9.59 Å². The maximum Gasteiger partial charge on any atom is 0.233 e. The van der Waals surface area contributed by atoms with Crippen molar-refractivity contribution >= 4 is 17.5 Å². The molecule has 0 saturated heterocycles. The Labute approximate surface area is 143 Å². The molecule has 2 aromatic rings. The van der Waals surface area contributed by atoms with E-state index in [0.717, 1.165) is 24.1 Å². The van der Waals surface area contributed by atoms with Crippen molar-refractivity contribution in [2.24, 2.45) is 0 Å². The van der Waals surface area contributed by atoms with Gasteiger partial charge in [-0.3, -0.25) is 9.59 Å². The summed E-state index contributed by atoms with van der Waals surface area (Å²) in [5.74, 6) is -0.539. The van der Waals surface area contributed by atoms with E-state index in [1.165, 1.54) is 11.1 Å². The molecule has 0 heterocycles. The molecule has 2 amide bonds. The van der Waals surface area contributed by atoms with Crippen LogP contribution in [0.15, 0.2) is 48.5 Å². The second-order valence-corrected chi connectivity index (χ2v) is 5.96. The van der Waals surface area contributed by atoms with Gasteiger partial charge in [0, 0.05) is 12.2 Å². The lowest BCUT2D eigenvalue weighted by atomic mass is 10.1. The Kier molecular flexibility index (Phi) is 6.55. The number of anilines is 1. The molecular weight excluding hydrogens is 300 g/mol. The Balaban J connectivity index is 1.68. The van der Waals surface area contributed by atoms with Gasteiger partial charge in [0.25, 0.3) is 0 Å². The average Bonchev–Trinajstić information content (AvgIpc) is 2.56. The zero-order valence-corrected chi connectivity index (χ0v) is 14.3. The maximum atomic E-state index is 11.9. The molecule has 2 rings (SSSR count). The van der Waals surface area contributed by atoms with Crippen LogP contribution < -0.4 is 10.6 Å². The zero-order chi connectivity index (χ0) is 17.4. The predicted molar refractivity (Wildman–Crippen MR) is 96.9 cm³/mol. The van der Waals surface area contributed by atoms with Gasteiger partial charge in [-0.1, -0.05) is 36.4 Å². The van der Waals surface area contributed by atoms with Gasteiger partial charge >= 0.3 is 0 Å². The quantitative estimate of drug-likeness (QED) is 0.606. The van der Waals surface area contributed by atoms with Crippen molar-refractivity contribution in [2.75, 3.05) is 11.9 Å².